The van der Waals surface area contributed by atoms with Gasteiger partial charge in [0, 0.05) is 6.20 Å². The van der Waals surface area contributed by atoms with Crippen molar-refractivity contribution in [3.05, 3.63) is 34.5 Å². The molecular weight excluding hydrogens is 250 g/mol. The molecule has 0 aliphatic carbocycles. The number of hydrogen-bond acceptors (Lipinski definition) is 6. The minimum absolute atomic E-state index is 0.0764. The Hall–Kier alpha value is -2.28. The Kier molecular flexibility index (Phi) is 3.86. The molecule has 0 radical (unpaired) electrons. The lowest BCUT2D eigenvalue weighted by molar-refractivity contribution is -0.142. The van der Waals surface area contributed by atoms with Gasteiger partial charge < -0.3 is 9.84 Å². The molecule has 0 atom stereocenters. The maximum absolute atomic E-state index is 11.4. The molecule has 0 aliphatic rings. The summed E-state index contributed by atoms with van der Waals surface area (Å²) in [6, 6.07) is 3.28. The molecule has 0 unspecified atom stereocenters. The number of aliphatic hydroxyl groups excluding tert-OH is 1. The van der Waals surface area contributed by atoms with Crippen LogP contribution in [0.25, 0.3) is 5.65 Å². The SMILES string of the molecule is CCOC(=O)Cc1nc2cc(CO)ccn2c1N=O. The first-order chi connectivity index (χ1) is 9.19. The van der Waals surface area contributed by atoms with Crippen LogP contribution in [0.15, 0.2) is 23.5 Å². The fourth-order valence-electron chi connectivity index (χ4n) is 1.79. The summed E-state index contributed by atoms with van der Waals surface area (Å²) >= 11 is 0. The predicted molar refractivity (Wildman–Crippen MR) is 66.9 cm³/mol. The van der Waals surface area contributed by atoms with E-state index in [0.29, 0.717) is 11.2 Å². The maximum Gasteiger partial charge on any atom is 0.312 e. The summed E-state index contributed by atoms with van der Waals surface area (Å²) in [6.45, 7) is 1.85. The first-order valence-corrected chi connectivity index (χ1v) is 5.79. The summed E-state index contributed by atoms with van der Waals surface area (Å²) in [5.41, 5.74) is 1.39. The van der Waals surface area contributed by atoms with Gasteiger partial charge in [-0.05, 0) is 29.8 Å². The summed E-state index contributed by atoms with van der Waals surface area (Å²) < 4.78 is 6.29. The third-order valence-electron chi connectivity index (χ3n) is 2.62. The molecule has 0 spiro atoms. The van der Waals surface area contributed by atoms with Crippen LogP contribution < -0.4 is 0 Å². The lowest BCUT2D eigenvalue weighted by Crippen LogP contribution is -2.07. The second-order valence-electron chi connectivity index (χ2n) is 3.88. The van der Waals surface area contributed by atoms with Crippen molar-refractivity contribution in [1.82, 2.24) is 9.38 Å². The molecule has 7 heteroatoms. The lowest BCUT2D eigenvalue weighted by Gasteiger charge is -1.99. The van der Waals surface area contributed by atoms with Crippen molar-refractivity contribution in [2.75, 3.05) is 6.61 Å². The van der Waals surface area contributed by atoms with Gasteiger partial charge in [-0.3, -0.25) is 9.20 Å². The molecule has 2 aromatic rings. The number of rotatable bonds is 5. The fourth-order valence-corrected chi connectivity index (χ4v) is 1.79. The Balaban J connectivity index is 2.43. The number of fused-ring (bicyclic) bond motifs is 1. The van der Waals surface area contributed by atoms with Crippen LogP contribution in [0.1, 0.15) is 18.2 Å². The highest BCUT2D eigenvalue weighted by Gasteiger charge is 2.16. The van der Waals surface area contributed by atoms with E-state index >= 15 is 0 Å². The number of aromatic nitrogens is 2. The van der Waals surface area contributed by atoms with Gasteiger partial charge in [0.1, 0.15) is 11.3 Å². The van der Waals surface area contributed by atoms with Gasteiger partial charge in [-0.1, -0.05) is 0 Å². The van der Waals surface area contributed by atoms with Crippen LogP contribution >= 0.6 is 0 Å². The highest BCUT2D eigenvalue weighted by atomic mass is 16.5. The number of ether oxygens (including phenoxy) is 1. The quantitative estimate of drug-likeness (QED) is 0.648. The van der Waals surface area contributed by atoms with E-state index in [1.807, 2.05) is 0 Å². The summed E-state index contributed by atoms with van der Waals surface area (Å²) in [4.78, 5) is 26.5. The number of aliphatic hydroxyl groups is 1. The molecule has 1 N–H and O–H groups in total. The number of pyridine rings is 1. The Labute approximate surface area is 108 Å². The van der Waals surface area contributed by atoms with Gasteiger partial charge in [0.25, 0.3) is 0 Å². The lowest BCUT2D eigenvalue weighted by atomic mass is 10.3. The monoisotopic (exact) mass is 263 g/mol. The van der Waals surface area contributed by atoms with Crippen LogP contribution in [0.2, 0.25) is 0 Å². The van der Waals surface area contributed by atoms with E-state index < -0.39 is 5.97 Å². The first kappa shape index (κ1) is 13.2. The Morgan fingerprint density at radius 3 is 3.00 bits per heavy atom. The maximum atomic E-state index is 11.4. The van der Waals surface area contributed by atoms with Gasteiger partial charge in [-0.15, -0.1) is 4.91 Å². The van der Waals surface area contributed by atoms with Gasteiger partial charge in [0.2, 0.25) is 5.82 Å². The average molecular weight is 263 g/mol. The fraction of sp³-hybridized carbons (Fsp3) is 0.333. The first-order valence-electron chi connectivity index (χ1n) is 5.79. The van der Waals surface area contributed by atoms with Gasteiger partial charge in [0.15, 0.2) is 0 Å². The number of esters is 1. The average Bonchev–Trinajstić information content (AvgIpc) is 2.74. The molecule has 2 rings (SSSR count). The number of nitrogens with zero attached hydrogens (tertiary/aromatic N) is 3. The normalized spacial score (nSPS) is 10.6. The topological polar surface area (TPSA) is 93.3 Å². The van der Waals surface area contributed by atoms with Gasteiger partial charge in [-0.2, -0.15) is 0 Å². The molecular formula is C12H13N3O4. The van der Waals surface area contributed by atoms with Crippen molar-refractivity contribution in [3.63, 3.8) is 0 Å². The van der Waals surface area contributed by atoms with Crippen molar-refractivity contribution in [2.45, 2.75) is 20.0 Å². The van der Waals surface area contributed by atoms with Gasteiger partial charge in [-0.25, -0.2) is 4.98 Å². The second kappa shape index (κ2) is 5.57. The zero-order valence-electron chi connectivity index (χ0n) is 10.4. The largest absolute Gasteiger partial charge is 0.466 e. The van der Waals surface area contributed by atoms with Crippen LogP contribution in [0.4, 0.5) is 5.82 Å². The molecule has 100 valence electrons. The minimum atomic E-state index is -0.460. The van der Waals surface area contributed by atoms with Crippen molar-refractivity contribution in [3.8, 4) is 0 Å². The van der Waals surface area contributed by atoms with E-state index in [9.17, 15) is 9.70 Å². The standard InChI is InChI=1S/C12H13N3O4/c1-2-19-11(17)6-9-12(14-18)15-4-3-8(7-16)5-10(15)13-9/h3-5,16H,2,6-7H2,1H3. The third-order valence-corrected chi connectivity index (χ3v) is 2.62. The zero-order chi connectivity index (χ0) is 13.8. The van der Waals surface area contributed by atoms with Crippen molar-refractivity contribution < 1.29 is 14.6 Å². The molecule has 0 saturated heterocycles. The van der Waals surface area contributed by atoms with Crippen LogP contribution in [0, 0.1) is 4.91 Å². The molecule has 0 bridgehead atoms. The molecule has 7 nitrogen and oxygen atoms in total. The molecule has 2 heterocycles. The summed E-state index contributed by atoms with van der Waals surface area (Å²) in [7, 11) is 0. The van der Waals surface area contributed by atoms with E-state index in [1.54, 1.807) is 25.3 Å². The van der Waals surface area contributed by atoms with Crippen molar-refractivity contribution in [2.24, 2.45) is 5.18 Å². The predicted octanol–water partition coefficient (Wildman–Crippen LogP) is 1.33. The molecule has 0 fully saturated rings. The Bertz CT molecular complexity index is 621. The van der Waals surface area contributed by atoms with Gasteiger partial charge >= 0.3 is 5.97 Å². The molecule has 0 saturated carbocycles. The van der Waals surface area contributed by atoms with Crippen LogP contribution in [0.3, 0.4) is 0 Å². The van der Waals surface area contributed by atoms with Crippen LogP contribution in [0.5, 0.6) is 0 Å². The summed E-state index contributed by atoms with van der Waals surface area (Å²) in [6.07, 6.45) is 1.48. The Morgan fingerprint density at radius 2 is 2.37 bits per heavy atom. The van der Waals surface area contributed by atoms with E-state index in [1.165, 1.54) is 4.40 Å². The van der Waals surface area contributed by atoms with Crippen molar-refractivity contribution >= 4 is 17.4 Å². The van der Waals surface area contributed by atoms with Crippen LogP contribution in [-0.4, -0.2) is 27.1 Å². The van der Waals surface area contributed by atoms with E-state index in [2.05, 4.69) is 10.2 Å². The van der Waals surface area contributed by atoms with E-state index in [4.69, 9.17) is 9.84 Å². The molecule has 0 aliphatic heterocycles. The third kappa shape index (κ3) is 2.60. The van der Waals surface area contributed by atoms with E-state index in [0.717, 1.165) is 0 Å². The smallest absolute Gasteiger partial charge is 0.312 e. The molecule has 0 aromatic carbocycles. The number of hydrogen-bond donors (Lipinski definition) is 1. The minimum Gasteiger partial charge on any atom is -0.466 e. The number of nitroso groups, excluding NO2 is 1. The van der Waals surface area contributed by atoms with E-state index in [-0.39, 0.29) is 31.1 Å². The molecule has 19 heavy (non-hydrogen) atoms. The van der Waals surface area contributed by atoms with Crippen LogP contribution in [-0.2, 0) is 22.6 Å². The number of carbonyl (C=O) groups excluding carboxylic acids is 1. The Morgan fingerprint density at radius 1 is 1.58 bits per heavy atom. The number of imidazole rings is 1. The van der Waals surface area contributed by atoms with Gasteiger partial charge in [0.05, 0.1) is 19.6 Å². The van der Waals surface area contributed by atoms with Crippen molar-refractivity contribution in [1.29, 1.82) is 0 Å². The molecule has 0 amide bonds. The second-order valence-corrected chi connectivity index (χ2v) is 3.88. The number of carbonyl (C=O) groups is 1. The molecule has 2 aromatic heterocycles. The zero-order valence-corrected chi connectivity index (χ0v) is 10.4. The summed E-state index contributed by atoms with van der Waals surface area (Å²) in [5.74, 6) is -0.384. The highest BCUT2D eigenvalue weighted by Crippen LogP contribution is 2.22. The highest BCUT2D eigenvalue weighted by molar-refractivity contribution is 5.74. The summed E-state index contributed by atoms with van der Waals surface area (Å²) in [5, 5.41) is 12.0.